The molecule has 13 nitrogen and oxygen atoms in total. The molecular weight excluding hydrogens is 698 g/mol. The van der Waals surface area contributed by atoms with Crippen LogP contribution in [0.3, 0.4) is 0 Å². The Morgan fingerprint density at radius 1 is 0.815 bits per heavy atom. The molecule has 0 aromatic carbocycles. The first-order valence-corrected chi connectivity index (χ1v) is 20.7. The molecule has 11 atom stereocenters. The number of fused-ring (bicyclic) bond motifs is 1. The van der Waals surface area contributed by atoms with Crippen molar-refractivity contribution in [3.8, 4) is 0 Å². The average Bonchev–Trinajstić information content (AvgIpc) is 3.64. The number of amides is 1. The lowest BCUT2D eigenvalue weighted by Gasteiger charge is -2.39. The summed E-state index contributed by atoms with van der Waals surface area (Å²) in [5, 5.41) is 80.1. The van der Waals surface area contributed by atoms with Crippen LogP contribution >= 0.6 is 0 Å². The zero-order valence-electron chi connectivity index (χ0n) is 32.7. The lowest BCUT2D eigenvalue weighted by atomic mass is 9.89. The van der Waals surface area contributed by atoms with Crippen LogP contribution in [0.5, 0.6) is 0 Å². The molecule has 3 rings (SSSR count). The second kappa shape index (κ2) is 24.6. The molecule has 3 fully saturated rings. The lowest BCUT2D eigenvalue weighted by molar-refractivity contribution is -0.301. The first-order valence-electron chi connectivity index (χ1n) is 20.7. The van der Waals surface area contributed by atoms with Gasteiger partial charge in [0, 0.05) is 25.5 Å². The van der Waals surface area contributed by atoms with Crippen molar-refractivity contribution in [3.05, 3.63) is 23.5 Å². The summed E-state index contributed by atoms with van der Waals surface area (Å²) >= 11 is 0. The average molecular weight is 770 g/mol. The molecule has 3 heterocycles. The minimum atomic E-state index is -1.44. The first kappa shape index (κ1) is 46.4. The summed E-state index contributed by atoms with van der Waals surface area (Å²) < 4.78 is 10.8. The summed E-state index contributed by atoms with van der Waals surface area (Å²) in [7, 11) is 0. The summed E-state index contributed by atoms with van der Waals surface area (Å²) in [5.41, 5.74) is -0.0797. The Hall–Kier alpha value is -1.94. The molecule has 3 aliphatic rings. The third-order valence-corrected chi connectivity index (χ3v) is 11.3. The Kier molecular flexibility index (Phi) is 21.2. The van der Waals surface area contributed by atoms with Crippen LogP contribution in [0.15, 0.2) is 23.5 Å². The number of aliphatic hydroxyl groups is 8. The van der Waals surface area contributed by atoms with E-state index in [-0.39, 0.29) is 42.1 Å². The van der Waals surface area contributed by atoms with E-state index in [0.29, 0.717) is 38.2 Å². The van der Waals surface area contributed by atoms with Gasteiger partial charge in [-0.1, -0.05) is 83.8 Å². The number of Topliss-reactive ketones (excluding diaryl/α,β-unsaturated/α-hetero) is 1. The van der Waals surface area contributed by atoms with E-state index in [1.54, 1.807) is 0 Å². The molecule has 1 amide bonds. The molecule has 0 bridgehead atoms. The highest BCUT2D eigenvalue weighted by molar-refractivity contribution is 6.27. The van der Waals surface area contributed by atoms with E-state index in [9.17, 15) is 50.4 Å². The largest absolute Gasteiger partial charge is 0.511 e. The van der Waals surface area contributed by atoms with Crippen LogP contribution < -0.4 is 0 Å². The number of allylic oxidation sites excluding steroid dienone is 2. The van der Waals surface area contributed by atoms with Gasteiger partial charge >= 0.3 is 0 Å². The fraction of sp³-hybridized carbons (Fsp3) is 0.854. The molecule has 0 aromatic rings. The van der Waals surface area contributed by atoms with Crippen LogP contribution in [-0.4, -0.2) is 132 Å². The van der Waals surface area contributed by atoms with Crippen LogP contribution in [0.25, 0.3) is 0 Å². The van der Waals surface area contributed by atoms with Gasteiger partial charge in [-0.05, 0) is 63.7 Å². The third-order valence-electron chi connectivity index (χ3n) is 11.3. The number of carbonyl (C=O) groups excluding carboxylic acids is 2. The molecule has 0 radical (unpaired) electrons. The van der Waals surface area contributed by atoms with E-state index in [1.165, 1.54) is 4.90 Å². The van der Waals surface area contributed by atoms with Crippen LogP contribution in [0.4, 0.5) is 0 Å². The van der Waals surface area contributed by atoms with E-state index < -0.39 is 61.5 Å². The van der Waals surface area contributed by atoms with Crippen molar-refractivity contribution in [2.45, 2.75) is 191 Å². The molecule has 54 heavy (non-hydrogen) atoms. The summed E-state index contributed by atoms with van der Waals surface area (Å²) in [4.78, 5) is 26.7. The molecule has 3 saturated heterocycles. The fourth-order valence-electron chi connectivity index (χ4n) is 7.94. The molecule has 13 heteroatoms. The van der Waals surface area contributed by atoms with Gasteiger partial charge in [0.1, 0.15) is 35.7 Å². The molecule has 8 N–H and O–H groups in total. The molecular formula is C41H71NO12. The van der Waals surface area contributed by atoms with Gasteiger partial charge in [-0.15, -0.1) is 0 Å². The van der Waals surface area contributed by atoms with Gasteiger partial charge in [0.2, 0.25) is 0 Å². The number of rotatable bonds is 27. The molecule has 3 aliphatic heterocycles. The number of nitrogens with zero attached hydrogens (tertiary/aromatic N) is 1. The van der Waals surface area contributed by atoms with Gasteiger partial charge in [0.25, 0.3) is 5.91 Å². The van der Waals surface area contributed by atoms with Crippen LogP contribution in [0, 0.1) is 11.8 Å². The van der Waals surface area contributed by atoms with Crippen LogP contribution in [-0.2, 0) is 19.1 Å². The summed E-state index contributed by atoms with van der Waals surface area (Å²) in [6, 6.07) is -0.630. The standard InChI is InChI=1S/C41H71NO12/c1-27(23-28(2)35(47)34-36(48)32-24-31(46)25-42(32)40(34)52)17-12-8-5-3-4-6-9-13-18-29(44)20-16-21-30(45)19-14-10-7-11-15-22-53-41-39(51)38(50)37(49)33(26-43)54-41/h9,13,27-33,37-39,41,43-47,49-51H,3-8,10-12,14-26H2,1-2H3/b13-9+,35-34-/t27-,28+,29+,30-,31-,32+,33-,37-,38+,39+,41-/m1/s1. The Morgan fingerprint density at radius 3 is 2.15 bits per heavy atom. The van der Waals surface area contributed by atoms with Crippen molar-refractivity contribution in [2.24, 2.45) is 11.8 Å². The zero-order valence-corrected chi connectivity index (χ0v) is 32.7. The Bertz CT molecular complexity index is 1140. The Morgan fingerprint density at radius 2 is 1.44 bits per heavy atom. The quantitative estimate of drug-likeness (QED) is 0.0197. The molecule has 0 spiro atoms. The van der Waals surface area contributed by atoms with Crippen molar-refractivity contribution in [1.82, 2.24) is 4.90 Å². The van der Waals surface area contributed by atoms with E-state index in [1.807, 2.05) is 6.92 Å². The third kappa shape index (κ3) is 14.9. The maximum absolute atomic E-state index is 12.7. The number of unbranched alkanes of at least 4 members (excludes halogenated alkanes) is 9. The number of hydrogen-bond donors (Lipinski definition) is 8. The minimum Gasteiger partial charge on any atom is -0.511 e. The zero-order chi connectivity index (χ0) is 39.6. The van der Waals surface area contributed by atoms with Crippen molar-refractivity contribution in [1.29, 1.82) is 0 Å². The predicted octanol–water partition coefficient (Wildman–Crippen LogP) is 3.73. The van der Waals surface area contributed by atoms with Crippen molar-refractivity contribution in [2.75, 3.05) is 19.8 Å². The highest BCUT2D eigenvalue weighted by atomic mass is 16.7. The fourth-order valence-corrected chi connectivity index (χ4v) is 7.94. The van der Waals surface area contributed by atoms with E-state index >= 15 is 0 Å². The maximum Gasteiger partial charge on any atom is 0.261 e. The lowest BCUT2D eigenvalue weighted by Crippen LogP contribution is -2.59. The highest BCUT2D eigenvalue weighted by Crippen LogP contribution is 2.34. The molecule has 0 unspecified atom stereocenters. The molecule has 0 aromatic heterocycles. The minimum absolute atomic E-state index is 0.0797. The highest BCUT2D eigenvalue weighted by Gasteiger charge is 2.50. The monoisotopic (exact) mass is 769 g/mol. The number of carbonyl (C=O) groups is 2. The Labute approximate surface area is 322 Å². The van der Waals surface area contributed by atoms with Gasteiger partial charge in [-0.25, -0.2) is 0 Å². The van der Waals surface area contributed by atoms with Gasteiger partial charge in [0.05, 0.1) is 31.0 Å². The van der Waals surface area contributed by atoms with Gasteiger partial charge < -0.3 is 55.2 Å². The van der Waals surface area contributed by atoms with Crippen LogP contribution in [0.2, 0.25) is 0 Å². The Balaban J connectivity index is 1.09. The van der Waals surface area contributed by atoms with Gasteiger partial charge in [-0.2, -0.15) is 0 Å². The topological polar surface area (TPSA) is 218 Å². The van der Waals surface area contributed by atoms with E-state index in [2.05, 4.69) is 19.1 Å². The molecule has 0 saturated carbocycles. The second-order valence-electron chi connectivity index (χ2n) is 16.1. The summed E-state index contributed by atoms with van der Waals surface area (Å²) in [6.45, 7) is 4.01. The maximum atomic E-state index is 12.7. The van der Waals surface area contributed by atoms with Gasteiger partial charge in [-0.3, -0.25) is 9.59 Å². The summed E-state index contributed by atoms with van der Waals surface area (Å²) in [6.07, 6.45) is 13.2. The number of aliphatic hydroxyl groups excluding tert-OH is 8. The number of ketones is 1. The van der Waals surface area contributed by atoms with Crippen LogP contribution in [0.1, 0.15) is 136 Å². The molecule has 0 aliphatic carbocycles. The smallest absolute Gasteiger partial charge is 0.261 e. The SMILES string of the molecule is C[C@H](CCCCCCC/C=C/C[C@H](O)CCC[C@H](O)CCCCCCCO[C@@H]1O[C@H](CO)[C@@H](O)[C@H](O)[C@@H]1O)C[C@H](C)/C(O)=C1\C(=O)[C@@H]2C[C@@H](O)CN2C1=O. The second-order valence-corrected chi connectivity index (χ2v) is 16.1. The van der Waals surface area contributed by atoms with Gasteiger partial charge in [0.15, 0.2) is 12.1 Å². The van der Waals surface area contributed by atoms with E-state index in [0.717, 1.165) is 89.9 Å². The number of hydrogen-bond acceptors (Lipinski definition) is 12. The van der Waals surface area contributed by atoms with E-state index in [4.69, 9.17) is 9.47 Å². The van der Waals surface area contributed by atoms with Crippen molar-refractivity contribution in [3.63, 3.8) is 0 Å². The van der Waals surface area contributed by atoms with Crippen molar-refractivity contribution < 1.29 is 59.9 Å². The molecule has 312 valence electrons. The predicted molar refractivity (Wildman–Crippen MR) is 203 cm³/mol. The van der Waals surface area contributed by atoms with Crippen molar-refractivity contribution >= 4 is 11.7 Å². The number of ether oxygens (including phenoxy) is 2. The normalized spacial score (nSPS) is 29.2. The summed E-state index contributed by atoms with van der Waals surface area (Å²) in [5.74, 6) is -0.808. The first-order chi connectivity index (χ1) is 25.8.